The topological polar surface area (TPSA) is 177 Å². The Morgan fingerprint density at radius 2 is 1.61 bits per heavy atom. The first kappa shape index (κ1) is 42.9. The van der Waals surface area contributed by atoms with E-state index in [2.05, 4.69) is 0 Å². The molecule has 0 spiro atoms. The number of fused-ring (bicyclic) bond motifs is 5. The zero-order valence-electron chi connectivity index (χ0n) is 34.8. The van der Waals surface area contributed by atoms with Crippen LogP contribution >= 0.6 is 0 Å². The van der Waals surface area contributed by atoms with Gasteiger partial charge in [0.05, 0.1) is 31.2 Å². The number of ketones is 3. The van der Waals surface area contributed by atoms with Crippen LogP contribution < -0.4 is 0 Å². The molecular weight excluding hydrogens is 720 g/mol. The molecule has 0 radical (unpaired) electrons. The van der Waals surface area contributed by atoms with Crippen molar-refractivity contribution in [2.75, 3.05) is 14.2 Å². The van der Waals surface area contributed by atoms with E-state index in [1.54, 1.807) is 27.7 Å². The summed E-state index contributed by atoms with van der Waals surface area (Å²) in [7, 11) is 2.33. The molecule has 3 saturated carbocycles. The van der Waals surface area contributed by atoms with Crippen LogP contribution in [0.4, 0.5) is 0 Å². The van der Waals surface area contributed by atoms with Crippen molar-refractivity contribution < 1.29 is 57.6 Å². The standard InChI is InChI=1S/C44H58O12/c1-24(21-28-32(34(49)53-11)33(48)40(8,56-28)18-14-13-15-26(3)46)41(9)35(50)42(10)25(2)22-30-39(7,44(42,36(41)51)37(52)54-12)19-16-29-38(5,6)31(55-27(4)47)17-20-43(29,30)23-45/h13-15,18,22-24,26,29-31,46H,16-17,19-21H2,1-12H3/b15-13+,18-14+/t24-,26+,29-,30-,31+,39+,40-,41-,42+,43+,44-/m1/s1. The second-order valence-corrected chi connectivity index (χ2v) is 18.2. The molecule has 0 aromatic carbocycles. The lowest BCUT2D eigenvalue weighted by Gasteiger charge is -2.67. The Hall–Kier alpha value is -4.19. The first-order valence-electron chi connectivity index (χ1n) is 19.5. The van der Waals surface area contributed by atoms with E-state index in [1.807, 2.05) is 26.8 Å². The number of hydrogen-bond donors (Lipinski definition) is 1. The number of aliphatic hydroxyl groups excluding tert-OH is 1. The Balaban J connectivity index is 1.65. The van der Waals surface area contributed by atoms with Crippen LogP contribution in [0.15, 0.2) is 47.3 Å². The summed E-state index contributed by atoms with van der Waals surface area (Å²) in [5.74, 6) is -5.94. The van der Waals surface area contributed by atoms with Gasteiger partial charge < -0.3 is 28.8 Å². The van der Waals surface area contributed by atoms with Gasteiger partial charge in [0.1, 0.15) is 29.1 Å². The third-order valence-electron chi connectivity index (χ3n) is 15.1. The predicted octanol–water partition coefficient (Wildman–Crippen LogP) is 5.54. The lowest BCUT2D eigenvalue weighted by Crippen LogP contribution is -2.70. The van der Waals surface area contributed by atoms with Gasteiger partial charge in [0.25, 0.3) is 0 Å². The van der Waals surface area contributed by atoms with Crippen molar-refractivity contribution in [2.24, 2.45) is 50.2 Å². The number of hydrogen-bond acceptors (Lipinski definition) is 12. The van der Waals surface area contributed by atoms with Gasteiger partial charge in [-0.05, 0) is 89.5 Å². The number of aldehydes is 1. The fourth-order valence-corrected chi connectivity index (χ4v) is 11.9. The van der Waals surface area contributed by atoms with E-state index in [1.165, 1.54) is 52.2 Å². The number of esters is 3. The third-order valence-corrected chi connectivity index (χ3v) is 15.1. The van der Waals surface area contributed by atoms with E-state index in [0.717, 1.165) is 13.4 Å². The van der Waals surface area contributed by atoms with E-state index < -0.39 is 97.4 Å². The molecule has 1 N–H and O–H groups in total. The van der Waals surface area contributed by atoms with Gasteiger partial charge in [-0.2, -0.15) is 0 Å². The highest BCUT2D eigenvalue weighted by atomic mass is 16.5. The molecule has 5 rings (SSSR count). The van der Waals surface area contributed by atoms with Gasteiger partial charge in [-0.1, -0.05) is 57.6 Å². The average molecular weight is 779 g/mol. The fourth-order valence-electron chi connectivity index (χ4n) is 11.9. The minimum atomic E-state index is -2.06. The zero-order chi connectivity index (χ0) is 42.2. The van der Waals surface area contributed by atoms with E-state index in [4.69, 9.17) is 18.9 Å². The molecule has 12 heteroatoms. The second kappa shape index (κ2) is 14.0. The Kier molecular flexibility index (Phi) is 10.8. The maximum absolute atomic E-state index is 15.8. The molecule has 56 heavy (non-hydrogen) atoms. The number of Topliss-reactive ketones (excluding diaryl/α,β-unsaturated/α-hetero) is 3. The van der Waals surface area contributed by atoms with Crippen LogP contribution in [-0.4, -0.2) is 78.7 Å². The van der Waals surface area contributed by atoms with E-state index in [-0.39, 0.29) is 30.1 Å². The second-order valence-electron chi connectivity index (χ2n) is 18.2. The van der Waals surface area contributed by atoms with E-state index in [9.17, 15) is 29.1 Å². The average Bonchev–Trinajstić information content (AvgIpc) is 3.46. The van der Waals surface area contributed by atoms with Crippen LogP contribution in [0.25, 0.3) is 0 Å². The molecule has 0 aromatic rings. The summed E-state index contributed by atoms with van der Waals surface area (Å²) >= 11 is 0. The monoisotopic (exact) mass is 778 g/mol. The molecule has 306 valence electrons. The van der Waals surface area contributed by atoms with E-state index >= 15 is 9.59 Å². The van der Waals surface area contributed by atoms with Crippen LogP contribution in [0.2, 0.25) is 0 Å². The first-order valence-corrected chi connectivity index (χ1v) is 19.5. The van der Waals surface area contributed by atoms with Gasteiger partial charge in [0.2, 0.25) is 5.78 Å². The SMILES string of the molecule is COC(=O)C1=C(C[C@@H](C)[C@]2(C)C(=O)[C@]3(C)C(C)=C[C@H]4[C@]5(C=O)CC[C@H](OC(C)=O)C(C)(C)[C@H]5CC[C@]4(C)[C@]3(C(=O)OC)C2=O)O[C@](C)(/C=C/C=C/[C@H](C)O)C1=O. The molecule has 0 amide bonds. The van der Waals surface area contributed by atoms with Gasteiger partial charge in [-0.3, -0.25) is 24.0 Å². The summed E-state index contributed by atoms with van der Waals surface area (Å²) in [5, 5.41) is 9.61. The number of ether oxygens (including phenoxy) is 4. The van der Waals surface area contributed by atoms with Crippen LogP contribution in [0.1, 0.15) is 101 Å². The third kappa shape index (κ3) is 5.43. The first-order chi connectivity index (χ1) is 25.9. The van der Waals surface area contributed by atoms with Gasteiger partial charge in [0.15, 0.2) is 17.2 Å². The molecule has 0 saturated heterocycles. The Labute approximate surface area is 329 Å². The normalized spacial score (nSPS) is 40.0. The summed E-state index contributed by atoms with van der Waals surface area (Å²) in [6.45, 7) is 16.8. The summed E-state index contributed by atoms with van der Waals surface area (Å²) < 4.78 is 22.5. The predicted molar refractivity (Wildman–Crippen MR) is 203 cm³/mol. The van der Waals surface area contributed by atoms with Crippen molar-refractivity contribution in [3.8, 4) is 0 Å². The highest BCUT2D eigenvalue weighted by Crippen LogP contribution is 2.78. The van der Waals surface area contributed by atoms with Gasteiger partial charge in [-0.25, -0.2) is 4.79 Å². The number of rotatable bonds is 10. The highest BCUT2D eigenvalue weighted by Gasteiger charge is 2.86. The molecule has 3 fully saturated rings. The molecule has 11 atom stereocenters. The molecule has 0 bridgehead atoms. The lowest BCUT2D eigenvalue weighted by atomic mass is 9.33. The Morgan fingerprint density at radius 1 is 0.964 bits per heavy atom. The molecule has 12 nitrogen and oxygen atoms in total. The quantitative estimate of drug-likeness (QED) is 0.0558. The molecule has 1 heterocycles. The molecule has 5 aliphatic rings. The van der Waals surface area contributed by atoms with E-state index in [0.29, 0.717) is 24.8 Å². The number of carbonyl (C=O) groups excluding carboxylic acids is 7. The van der Waals surface area contributed by atoms with Crippen molar-refractivity contribution >= 4 is 41.5 Å². The van der Waals surface area contributed by atoms with Crippen LogP contribution in [0.3, 0.4) is 0 Å². The number of carbonyl (C=O) groups is 7. The van der Waals surface area contributed by atoms with Crippen LogP contribution in [0, 0.1) is 50.2 Å². The van der Waals surface area contributed by atoms with Crippen LogP contribution in [-0.2, 0) is 52.5 Å². The lowest BCUT2D eigenvalue weighted by molar-refractivity contribution is -0.217. The summed E-state index contributed by atoms with van der Waals surface area (Å²) in [6, 6.07) is 0. The summed E-state index contributed by atoms with van der Waals surface area (Å²) in [4.78, 5) is 98.8. The number of methoxy groups -OCH3 is 2. The number of allylic oxidation sites excluding steroid dienone is 5. The molecule has 1 aliphatic heterocycles. The van der Waals surface area contributed by atoms with Crippen LogP contribution in [0.5, 0.6) is 0 Å². The minimum Gasteiger partial charge on any atom is -0.479 e. The van der Waals surface area contributed by atoms with Crippen molar-refractivity contribution in [1.82, 2.24) is 0 Å². The Morgan fingerprint density at radius 3 is 2.16 bits per heavy atom. The van der Waals surface area contributed by atoms with Crippen molar-refractivity contribution in [3.05, 3.63) is 47.3 Å². The molecule has 0 aromatic heterocycles. The van der Waals surface area contributed by atoms with Gasteiger partial charge in [-0.15, -0.1) is 0 Å². The summed E-state index contributed by atoms with van der Waals surface area (Å²) in [5.41, 5.74) is -10.1. The fraction of sp³-hybridized carbons (Fsp3) is 0.659. The van der Waals surface area contributed by atoms with Crippen molar-refractivity contribution in [1.29, 1.82) is 0 Å². The molecule has 4 aliphatic carbocycles. The maximum atomic E-state index is 15.8. The maximum Gasteiger partial charge on any atom is 0.345 e. The van der Waals surface area contributed by atoms with Crippen molar-refractivity contribution in [3.63, 3.8) is 0 Å². The highest BCUT2D eigenvalue weighted by molar-refractivity contribution is 6.28. The molecule has 0 unspecified atom stereocenters. The van der Waals surface area contributed by atoms with Crippen molar-refractivity contribution in [2.45, 2.75) is 119 Å². The van der Waals surface area contributed by atoms with Gasteiger partial charge in [0, 0.05) is 24.2 Å². The molecular formula is C44H58O12. The largest absolute Gasteiger partial charge is 0.479 e. The summed E-state index contributed by atoms with van der Waals surface area (Å²) in [6.07, 6.45) is 8.94. The minimum absolute atomic E-state index is 0.0569. The smallest absolute Gasteiger partial charge is 0.345 e. The number of aliphatic hydroxyl groups is 1. The zero-order valence-corrected chi connectivity index (χ0v) is 34.8. The van der Waals surface area contributed by atoms with Gasteiger partial charge >= 0.3 is 17.9 Å². The Bertz CT molecular complexity index is 1880.